The Bertz CT molecular complexity index is 18.4. The fourth-order valence-electron chi connectivity index (χ4n) is 0.0707. The van der Waals surface area contributed by atoms with Crippen LogP contribution in [0.3, 0.4) is 0 Å². The Hall–Kier alpha value is 1.89. The average molecular weight is 122 g/mol. The van der Waals surface area contributed by atoms with Gasteiger partial charge in [-0.3, -0.25) is 0 Å². The molecule has 7 heavy (non-hydrogen) atoms. The molecule has 0 nitrogen and oxygen atoms in total. The zero-order valence-electron chi connectivity index (χ0n) is 5.02. The molecule has 0 aliphatic heterocycles. The first-order valence-corrected chi connectivity index (χ1v) is 2.90. The molecule has 0 N–H and O–H groups in total. The van der Waals surface area contributed by atoms with Gasteiger partial charge >= 0.3 is 0 Å². The third-order valence-electron chi connectivity index (χ3n) is 0.316. The van der Waals surface area contributed by atoms with Gasteiger partial charge in [-0.05, 0) is 17.9 Å². The largest absolute Gasteiger partial charge is 0.179 e. The topological polar surface area (TPSA) is 0 Å². The SMILES string of the molecule is SCCCS.[Li].[Li]. The van der Waals surface area contributed by atoms with Crippen molar-refractivity contribution < 1.29 is 0 Å². The van der Waals surface area contributed by atoms with E-state index in [2.05, 4.69) is 25.3 Å². The maximum absolute atomic E-state index is 3.95. The predicted octanol–water partition coefficient (Wildman–Crippen LogP) is 0.474. The van der Waals surface area contributed by atoms with Gasteiger partial charge in [-0.25, -0.2) is 0 Å². The fourth-order valence-corrected chi connectivity index (χ4v) is 0.636. The van der Waals surface area contributed by atoms with E-state index < -0.39 is 0 Å². The summed E-state index contributed by atoms with van der Waals surface area (Å²) in [6, 6.07) is 0. The van der Waals surface area contributed by atoms with Crippen molar-refractivity contribution >= 4 is 63.0 Å². The predicted molar refractivity (Wildman–Crippen MR) is 43.8 cm³/mol. The average Bonchev–Trinajstić information content (AvgIpc) is 1.41. The quantitative estimate of drug-likeness (QED) is 0.386. The van der Waals surface area contributed by atoms with Crippen LogP contribution in [0.1, 0.15) is 6.42 Å². The summed E-state index contributed by atoms with van der Waals surface area (Å²) in [5.41, 5.74) is 0. The molecule has 0 saturated carbocycles. The van der Waals surface area contributed by atoms with E-state index in [9.17, 15) is 0 Å². The van der Waals surface area contributed by atoms with Crippen LogP contribution in [0.4, 0.5) is 0 Å². The molecule has 0 spiro atoms. The number of hydrogen-bond donors (Lipinski definition) is 2. The molecule has 2 radical (unpaired) electrons. The molecule has 0 bridgehead atoms. The van der Waals surface area contributed by atoms with E-state index in [0.717, 1.165) is 17.9 Å². The molecule has 0 unspecified atom stereocenters. The Kier molecular flexibility index (Phi) is 35.7. The zero-order chi connectivity index (χ0) is 4.12. The minimum Gasteiger partial charge on any atom is -0.179 e. The summed E-state index contributed by atoms with van der Waals surface area (Å²) in [6.45, 7) is 0. The molecule has 0 aromatic rings. The Morgan fingerprint density at radius 2 is 1.14 bits per heavy atom. The van der Waals surface area contributed by atoms with Gasteiger partial charge in [-0.15, -0.1) is 0 Å². The van der Waals surface area contributed by atoms with Crippen LogP contribution in [0.15, 0.2) is 0 Å². The van der Waals surface area contributed by atoms with Gasteiger partial charge in [0.05, 0.1) is 0 Å². The molecular formula is C3H8Li2S2. The van der Waals surface area contributed by atoms with Crippen molar-refractivity contribution in [2.45, 2.75) is 6.42 Å². The summed E-state index contributed by atoms with van der Waals surface area (Å²) < 4.78 is 0. The summed E-state index contributed by atoms with van der Waals surface area (Å²) in [6.07, 6.45) is 1.12. The van der Waals surface area contributed by atoms with Crippen molar-refractivity contribution in [2.24, 2.45) is 0 Å². The van der Waals surface area contributed by atoms with E-state index in [0.29, 0.717) is 0 Å². The molecule has 0 atom stereocenters. The maximum Gasteiger partial charge on any atom is 0 e. The van der Waals surface area contributed by atoms with Crippen molar-refractivity contribution in [2.75, 3.05) is 11.5 Å². The second-order valence-corrected chi connectivity index (χ2v) is 1.70. The van der Waals surface area contributed by atoms with Gasteiger partial charge in [0, 0.05) is 37.7 Å². The summed E-state index contributed by atoms with van der Waals surface area (Å²) >= 11 is 7.90. The normalized spacial score (nSPS) is 6.00. The van der Waals surface area contributed by atoms with Crippen molar-refractivity contribution in [3.63, 3.8) is 0 Å². The Morgan fingerprint density at radius 3 is 1.14 bits per heavy atom. The molecule has 34 valence electrons. The van der Waals surface area contributed by atoms with Crippen LogP contribution >= 0.6 is 25.3 Å². The van der Waals surface area contributed by atoms with E-state index in [1.165, 1.54) is 0 Å². The van der Waals surface area contributed by atoms with Crippen LogP contribution in [-0.4, -0.2) is 49.2 Å². The van der Waals surface area contributed by atoms with Gasteiger partial charge in [0.1, 0.15) is 0 Å². The molecule has 0 aromatic carbocycles. The maximum atomic E-state index is 3.95. The van der Waals surface area contributed by atoms with Crippen LogP contribution in [0, 0.1) is 0 Å². The molecule has 0 aliphatic rings. The van der Waals surface area contributed by atoms with Crippen LogP contribution in [0.5, 0.6) is 0 Å². The molecule has 0 heterocycles. The van der Waals surface area contributed by atoms with Gasteiger partial charge in [0.15, 0.2) is 0 Å². The van der Waals surface area contributed by atoms with Gasteiger partial charge in [-0.1, -0.05) is 0 Å². The van der Waals surface area contributed by atoms with Crippen LogP contribution < -0.4 is 0 Å². The van der Waals surface area contributed by atoms with Gasteiger partial charge < -0.3 is 0 Å². The third kappa shape index (κ3) is 18.1. The third-order valence-corrected chi connectivity index (χ3v) is 0.949. The number of rotatable bonds is 2. The first-order valence-electron chi connectivity index (χ1n) is 1.63. The second kappa shape index (κ2) is 15.7. The fraction of sp³-hybridized carbons (Fsp3) is 1.00. The van der Waals surface area contributed by atoms with Gasteiger partial charge in [0.2, 0.25) is 0 Å². The smallest absolute Gasteiger partial charge is 0 e. The molecule has 0 fully saturated rings. The van der Waals surface area contributed by atoms with Gasteiger partial charge in [-0.2, -0.15) is 25.3 Å². The zero-order valence-corrected chi connectivity index (χ0v) is 6.80. The molecule has 0 aliphatic carbocycles. The van der Waals surface area contributed by atoms with E-state index in [4.69, 9.17) is 0 Å². The number of thiol groups is 2. The molecule has 0 saturated heterocycles. The molecule has 0 aromatic heterocycles. The van der Waals surface area contributed by atoms with Crippen LogP contribution in [0.2, 0.25) is 0 Å². The van der Waals surface area contributed by atoms with E-state index in [1.54, 1.807) is 0 Å². The standard InChI is InChI=1S/C3H8S2.2Li/c4-2-1-3-5;;/h4-5H,1-3H2;;. The van der Waals surface area contributed by atoms with E-state index in [-0.39, 0.29) is 37.7 Å². The minimum absolute atomic E-state index is 0. The first kappa shape index (κ1) is 16.0. The molecule has 0 rings (SSSR count). The van der Waals surface area contributed by atoms with Crippen molar-refractivity contribution in [3.8, 4) is 0 Å². The summed E-state index contributed by atoms with van der Waals surface area (Å²) in [7, 11) is 0. The minimum atomic E-state index is 0. The van der Waals surface area contributed by atoms with Crippen LogP contribution in [0.25, 0.3) is 0 Å². The van der Waals surface area contributed by atoms with Crippen molar-refractivity contribution in [3.05, 3.63) is 0 Å². The molecular weight excluding hydrogens is 114 g/mol. The van der Waals surface area contributed by atoms with E-state index in [1.807, 2.05) is 0 Å². The van der Waals surface area contributed by atoms with Crippen LogP contribution in [-0.2, 0) is 0 Å². The van der Waals surface area contributed by atoms with Gasteiger partial charge in [0.25, 0.3) is 0 Å². The van der Waals surface area contributed by atoms with Crippen molar-refractivity contribution in [1.82, 2.24) is 0 Å². The van der Waals surface area contributed by atoms with Crippen molar-refractivity contribution in [1.29, 1.82) is 0 Å². The molecule has 0 amide bonds. The Labute approximate surface area is 80.4 Å². The van der Waals surface area contributed by atoms with E-state index >= 15 is 0 Å². The first-order chi connectivity index (χ1) is 2.41. The molecule has 4 heteroatoms. The monoisotopic (exact) mass is 122 g/mol. The summed E-state index contributed by atoms with van der Waals surface area (Å²) in [5.74, 6) is 1.92. The Balaban J connectivity index is -0.0000000800. The summed E-state index contributed by atoms with van der Waals surface area (Å²) in [5, 5.41) is 0. The summed E-state index contributed by atoms with van der Waals surface area (Å²) in [4.78, 5) is 0. The Morgan fingerprint density at radius 1 is 0.857 bits per heavy atom. The number of hydrogen-bond acceptors (Lipinski definition) is 2. The second-order valence-electron chi connectivity index (χ2n) is 0.801.